The number of carbonyl (C=O) groups is 1. The average Bonchev–Trinajstić information content (AvgIpc) is 3.41. The van der Waals surface area contributed by atoms with Gasteiger partial charge in [-0.25, -0.2) is 19.6 Å². The van der Waals surface area contributed by atoms with E-state index in [-0.39, 0.29) is 17.9 Å². The van der Waals surface area contributed by atoms with E-state index in [1.807, 2.05) is 6.07 Å². The van der Waals surface area contributed by atoms with Crippen molar-refractivity contribution < 1.29 is 4.79 Å². The lowest BCUT2D eigenvalue weighted by Gasteiger charge is -2.36. The molecule has 0 saturated carbocycles. The first-order valence-corrected chi connectivity index (χ1v) is 11.7. The minimum absolute atomic E-state index is 0.0223. The lowest BCUT2D eigenvalue weighted by molar-refractivity contribution is -0.126. The lowest BCUT2D eigenvalue weighted by atomic mass is 9.95. The smallest absolute Gasteiger partial charge is 0.225 e. The number of benzene rings is 1. The Morgan fingerprint density at radius 2 is 1.82 bits per heavy atom. The fraction of sp³-hybridized carbons (Fsp3) is 0.458. The van der Waals surface area contributed by atoms with Crippen molar-refractivity contribution in [3.8, 4) is 5.82 Å². The molecule has 0 aliphatic carbocycles. The number of likely N-dealkylation sites (tertiary alicyclic amines) is 1. The average molecular weight is 447 g/mol. The quantitative estimate of drug-likeness (QED) is 0.620. The van der Waals surface area contributed by atoms with Crippen molar-refractivity contribution in [2.45, 2.75) is 38.3 Å². The number of carbonyl (C=O) groups excluding carboxylic acids is 1. The second-order valence-electron chi connectivity index (χ2n) is 8.90. The molecule has 2 aliphatic heterocycles. The number of piperidine rings is 2. The Morgan fingerprint density at radius 1 is 1.00 bits per heavy atom. The fourth-order valence-electron chi connectivity index (χ4n) is 4.76. The molecule has 1 aromatic carbocycles. The first-order valence-electron chi connectivity index (χ1n) is 11.7. The van der Waals surface area contributed by atoms with Crippen molar-refractivity contribution >= 4 is 11.7 Å². The van der Waals surface area contributed by atoms with Gasteiger partial charge < -0.3 is 10.2 Å². The van der Waals surface area contributed by atoms with E-state index in [9.17, 15) is 4.79 Å². The zero-order chi connectivity index (χ0) is 22.5. The summed E-state index contributed by atoms with van der Waals surface area (Å²) in [6.07, 6.45) is 8.52. The van der Waals surface area contributed by atoms with Crippen molar-refractivity contribution in [2.75, 3.05) is 31.1 Å². The molecule has 5 rings (SSSR count). The summed E-state index contributed by atoms with van der Waals surface area (Å²) >= 11 is 0. The number of nitrogens with zero attached hydrogens (tertiary/aromatic N) is 7. The first kappa shape index (κ1) is 21.5. The van der Waals surface area contributed by atoms with Gasteiger partial charge in [0.25, 0.3) is 0 Å². The van der Waals surface area contributed by atoms with Gasteiger partial charge in [0.05, 0.1) is 5.92 Å². The molecular formula is C24H30N8O. The summed E-state index contributed by atoms with van der Waals surface area (Å²) in [6, 6.07) is 12.7. The van der Waals surface area contributed by atoms with Crippen LogP contribution in [-0.2, 0) is 11.3 Å². The largest absolute Gasteiger partial charge is 0.356 e. The van der Waals surface area contributed by atoms with Crippen LogP contribution >= 0.6 is 0 Å². The number of hydrogen-bond donors (Lipinski definition) is 1. The Kier molecular flexibility index (Phi) is 6.57. The summed E-state index contributed by atoms with van der Waals surface area (Å²) in [5.41, 5.74) is 1.35. The summed E-state index contributed by atoms with van der Waals surface area (Å²) in [6.45, 7) is 4.57. The summed E-state index contributed by atoms with van der Waals surface area (Å²) in [5, 5.41) is 7.47. The summed E-state index contributed by atoms with van der Waals surface area (Å²) < 4.78 is 1.61. The Hall–Kier alpha value is -3.33. The summed E-state index contributed by atoms with van der Waals surface area (Å²) in [5.74, 6) is 1.64. The molecule has 4 heterocycles. The second-order valence-corrected chi connectivity index (χ2v) is 8.90. The molecular weight excluding hydrogens is 416 g/mol. The Morgan fingerprint density at radius 3 is 2.61 bits per heavy atom. The van der Waals surface area contributed by atoms with Crippen LogP contribution in [0.5, 0.6) is 0 Å². The zero-order valence-electron chi connectivity index (χ0n) is 18.8. The predicted molar refractivity (Wildman–Crippen MR) is 125 cm³/mol. The third kappa shape index (κ3) is 5.36. The van der Waals surface area contributed by atoms with Crippen LogP contribution in [0.2, 0.25) is 0 Å². The SMILES string of the molecule is O=C(NC1CCN(Cc2ccccc2)CC1)C1CCCN(c2cc(-n3cncn3)ncn2)C1. The number of amides is 1. The summed E-state index contributed by atoms with van der Waals surface area (Å²) in [7, 11) is 0. The molecule has 2 aromatic heterocycles. The maximum Gasteiger partial charge on any atom is 0.225 e. The normalized spacial score (nSPS) is 20.0. The highest BCUT2D eigenvalue weighted by Crippen LogP contribution is 2.23. The number of rotatable bonds is 6. The highest BCUT2D eigenvalue weighted by molar-refractivity contribution is 5.79. The second kappa shape index (κ2) is 10.1. The van der Waals surface area contributed by atoms with E-state index in [2.05, 4.69) is 65.5 Å². The van der Waals surface area contributed by atoms with Crippen molar-refractivity contribution in [2.24, 2.45) is 5.92 Å². The van der Waals surface area contributed by atoms with Gasteiger partial charge in [-0.3, -0.25) is 9.69 Å². The molecule has 0 spiro atoms. The zero-order valence-corrected chi connectivity index (χ0v) is 18.8. The highest BCUT2D eigenvalue weighted by Gasteiger charge is 2.29. The molecule has 2 fully saturated rings. The van der Waals surface area contributed by atoms with Crippen LogP contribution in [0.3, 0.4) is 0 Å². The van der Waals surface area contributed by atoms with E-state index in [1.165, 1.54) is 11.9 Å². The van der Waals surface area contributed by atoms with Crippen LogP contribution in [-0.4, -0.2) is 67.8 Å². The molecule has 0 radical (unpaired) electrons. The van der Waals surface area contributed by atoms with E-state index in [1.54, 1.807) is 17.3 Å². The van der Waals surface area contributed by atoms with Crippen molar-refractivity contribution in [3.05, 3.63) is 60.9 Å². The van der Waals surface area contributed by atoms with E-state index in [0.29, 0.717) is 12.4 Å². The third-order valence-corrected chi connectivity index (χ3v) is 6.59. The molecule has 9 nitrogen and oxygen atoms in total. The molecule has 3 aromatic rings. The van der Waals surface area contributed by atoms with Crippen LogP contribution in [0.15, 0.2) is 55.4 Å². The third-order valence-electron chi connectivity index (χ3n) is 6.59. The van der Waals surface area contributed by atoms with Crippen LogP contribution in [0.1, 0.15) is 31.2 Å². The maximum absolute atomic E-state index is 13.1. The van der Waals surface area contributed by atoms with Gasteiger partial charge in [-0.15, -0.1) is 0 Å². The number of anilines is 1. The molecule has 1 N–H and O–H groups in total. The predicted octanol–water partition coefficient (Wildman–Crippen LogP) is 2.05. The lowest BCUT2D eigenvalue weighted by Crippen LogP contribution is -2.49. The van der Waals surface area contributed by atoms with Gasteiger partial charge in [0.2, 0.25) is 5.91 Å². The Balaban J connectivity index is 1.13. The van der Waals surface area contributed by atoms with Gasteiger partial charge in [0.15, 0.2) is 5.82 Å². The van der Waals surface area contributed by atoms with E-state index >= 15 is 0 Å². The van der Waals surface area contributed by atoms with Gasteiger partial charge in [-0.2, -0.15) is 5.10 Å². The van der Waals surface area contributed by atoms with E-state index < -0.39 is 0 Å². The standard InChI is InChI=1S/C24H30N8O/c33-24(29-21-8-11-30(12-9-21)14-19-5-2-1-3-6-19)20-7-4-10-31(15-20)22-13-23(27-17-26-22)32-18-25-16-28-32/h1-3,5-6,13,16-18,20-21H,4,7-12,14-15H2,(H,29,33). The van der Waals surface area contributed by atoms with Gasteiger partial charge in [-0.05, 0) is 31.2 Å². The Bertz CT molecular complexity index is 1030. The molecule has 0 bridgehead atoms. The monoisotopic (exact) mass is 446 g/mol. The molecule has 1 unspecified atom stereocenters. The number of hydrogen-bond acceptors (Lipinski definition) is 7. The van der Waals surface area contributed by atoms with Gasteiger partial charge in [0, 0.05) is 44.8 Å². The van der Waals surface area contributed by atoms with Crippen LogP contribution < -0.4 is 10.2 Å². The number of aromatic nitrogens is 5. The highest BCUT2D eigenvalue weighted by atomic mass is 16.2. The first-order chi connectivity index (χ1) is 16.2. The molecule has 33 heavy (non-hydrogen) atoms. The van der Waals surface area contributed by atoms with Crippen LogP contribution in [0.4, 0.5) is 5.82 Å². The van der Waals surface area contributed by atoms with Crippen molar-refractivity contribution in [1.82, 2.24) is 34.9 Å². The minimum Gasteiger partial charge on any atom is -0.356 e. The number of nitrogens with one attached hydrogen (secondary N) is 1. The molecule has 1 amide bonds. The van der Waals surface area contributed by atoms with Gasteiger partial charge in [-0.1, -0.05) is 30.3 Å². The molecule has 2 aliphatic rings. The van der Waals surface area contributed by atoms with Crippen molar-refractivity contribution in [1.29, 1.82) is 0 Å². The van der Waals surface area contributed by atoms with Gasteiger partial charge >= 0.3 is 0 Å². The van der Waals surface area contributed by atoms with E-state index in [0.717, 1.165) is 57.7 Å². The summed E-state index contributed by atoms with van der Waals surface area (Å²) in [4.78, 5) is 30.4. The molecule has 2 saturated heterocycles. The Labute approximate surface area is 193 Å². The van der Waals surface area contributed by atoms with Crippen molar-refractivity contribution in [3.63, 3.8) is 0 Å². The molecule has 1 atom stereocenters. The van der Waals surface area contributed by atoms with Gasteiger partial charge in [0.1, 0.15) is 24.8 Å². The minimum atomic E-state index is -0.0223. The molecule has 172 valence electrons. The fourth-order valence-corrected chi connectivity index (χ4v) is 4.76. The maximum atomic E-state index is 13.1. The van der Waals surface area contributed by atoms with E-state index in [4.69, 9.17) is 0 Å². The molecule has 9 heteroatoms. The topological polar surface area (TPSA) is 92.1 Å². The van der Waals surface area contributed by atoms with Crippen LogP contribution in [0, 0.1) is 5.92 Å². The van der Waals surface area contributed by atoms with Crippen LogP contribution in [0.25, 0.3) is 5.82 Å².